The van der Waals surface area contributed by atoms with Crippen molar-refractivity contribution in [2.75, 3.05) is 6.54 Å². The van der Waals surface area contributed by atoms with Crippen molar-refractivity contribution in [2.45, 2.75) is 52.2 Å². The van der Waals surface area contributed by atoms with Crippen LogP contribution in [0.2, 0.25) is 0 Å². The summed E-state index contributed by atoms with van der Waals surface area (Å²) in [5, 5.41) is 11.8. The Hall–Kier alpha value is -2.12. The molecule has 2 rings (SSSR count). The Kier molecular flexibility index (Phi) is 5.93. The van der Waals surface area contributed by atoms with Crippen LogP contribution in [0.3, 0.4) is 0 Å². The number of carboxylic acid groups (broad SMARTS) is 1. The number of hydrogen-bond acceptors (Lipinski definition) is 4. The largest absolute Gasteiger partial charge is 0.492 e. The average molecular weight is 359 g/mol. The highest BCUT2D eigenvalue weighted by Crippen LogP contribution is 2.38. The molecule has 1 aliphatic heterocycles. The zero-order valence-electron chi connectivity index (χ0n) is 16.0. The number of carboxylic acids is 1. The van der Waals surface area contributed by atoms with Crippen LogP contribution in [-0.4, -0.2) is 41.8 Å². The van der Waals surface area contributed by atoms with Gasteiger partial charge in [0.15, 0.2) is 0 Å². The molecule has 0 aliphatic carbocycles. The van der Waals surface area contributed by atoms with E-state index in [1.54, 1.807) is 6.07 Å². The Bertz CT molecular complexity index is 710. The van der Waals surface area contributed by atoms with Gasteiger partial charge in [0.2, 0.25) is 5.91 Å². The number of hydrogen-bond donors (Lipinski definition) is 2. The van der Waals surface area contributed by atoms with Gasteiger partial charge in [0, 0.05) is 13.5 Å². The fourth-order valence-electron chi connectivity index (χ4n) is 2.60. The number of aliphatic carboxylic acids is 1. The molecule has 2 N–H and O–H groups in total. The van der Waals surface area contributed by atoms with Crippen LogP contribution in [-0.2, 0) is 25.3 Å². The lowest BCUT2D eigenvalue weighted by Crippen LogP contribution is -2.41. The lowest BCUT2D eigenvalue weighted by molar-refractivity contribution is -0.136. The molecule has 140 valence electrons. The van der Waals surface area contributed by atoms with E-state index in [0.717, 1.165) is 11.0 Å². The van der Waals surface area contributed by atoms with E-state index in [9.17, 15) is 9.59 Å². The van der Waals surface area contributed by atoms with Gasteiger partial charge in [0.1, 0.15) is 0 Å². The van der Waals surface area contributed by atoms with Crippen molar-refractivity contribution < 1.29 is 24.0 Å². The first kappa shape index (κ1) is 20.2. The summed E-state index contributed by atoms with van der Waals surface area (Å²) in [7, 11) is -0.588. The molecule has 1 aromatic rings. The fraction of sp³-hybridized carbons (Fsp3) is 0.474. The number of benzene rings is 1. The topological polar surface area (TPSA) is 84.9 Å². The van der Waals surface area contributed by atoms with Gasteiger partial charge in [-0.25, -0.2) is 0 Å². The van der Waals surface area contributed by atoms with E-state index in [4.69, 9.17) is 14.4 Å². The normalized spacial score (nSPS) is 18.7. The molecule has 0 radical (unpaired) electrons. The molecule has 1 heterocycles. The number of nitrogens with one attached hydrogen (secondary N) is 1. The number of carbonyl (C=O) groups is 2. The molecule has 0 atom stereocenters. The SMILES string of the molecule is CC(=O)NCC(=Cc1cccc(CC(=O)O)c1)B1OC(C)(C)C(C)(C)O1. The minimum absolute atomic E-state index is 0.0425. The lowest BCUT2D eigenvalue weighted by Gasteiger charge is -2.32. The van der Waals surface area contributed by atoms with Gasteiger partial charge in [-0.1, -0.05) is 30.3 Å². The van der Waals surface area contributed by atoms with E-state index in [1.807, 2.05) is 52.0 Å². The molecule has 7 heteroatoms. The molecule has 0 aromatic heterocycles. The Labute approximate surface area is 154 Å². The van der Waals surface area contributed by atoms with E-state index < -0.39 is 24.3 Å². The standard InChI is InChI=1S/C19H26BNO5/c1-13(22)21-12-16(20-25-18(2,3)19(4,5)26-20)10-14-7-6-8-15(9-14)11-17(23)24/h6-10H,11-12H2,1-5H3,(H,21,22)(H,23,24). The molecule has 0 bridgehead atoms. The maximum Gasteiger partial charge on any atom is 0.492 e. The molecule has 1 amide bonds. The summed E-state index contributed by atoms with van der Waals surface area (Å²) in [6, 6.07) is 7.27. The molecule has 0 unspecified atom stereocenters. The van der Waals surface area contributed by atoms with Gasteiger partial charge in [-0.05, 0) is 44.3 Å². The highest BCUT2D eigenvalue weighted by molar-refractivity contribution is 6.56. The maximum atomic E-state index is 11.4. The summed E-state index contributed by atoms with van der Waals surface area (Å²) in [6.07, 6.45) is 1.84. The highest BCUT2D eigenvalue weighted by atomic mass is 16.7. The molecule has 1 fully saturated rings. The van der Waals surface area contributed by atoms with Crippen LogP contribution in [0, 0.1) is 0 Å². The van der Waals surface area contributed by atoms with Gasteiger partial charge in [-0.3, -0.25) is 9.59 Å². The third kappa shape index (κ3) is 4.96. The first-order valence-electron chi connectivity index (χ1n) is 8.61. The Morgan fingerprint density at radius 3 is 2.35 bits per heavy atom. The Balaban J connectivity index is 2.31. The van der Waals surface area contributed by atoms with Crippen molar-refractivity contribution in [1.29, 1.82) is 0 Å². The maximum absolute atomic E-state index is 11.4. The van der Waals surface area contributed by atoms with E-state index in [1.165, 1.54) is 6.92 Å². The van der Waals surface area contributed by atoms with Gasteiger partial charge in [-0.2, -0.15) is 0 Å². The van der Waals surface area contributed by atoms with Crippen molar-refractivity contribution in [2.24, 2.45) is 0 Å². The summed E-state index contributed by atoms with van der Waals surface area (Å²) >= 11 is 0. The van der Waals surface area contributed by atoms with E-state index in [0.29, 0.717) is 5.56 Å². The lowest BCUT2D eigenvalue weighted by atomic mass is 9.77. The predicted octanol–water partition coefficient (Wildman–Crippen LogP) is 2.46. The van der Waals surface area contributed by atoms with Crippen LogP contribution in [0.15, 0.2) is 29.7 Å². The highest BCUT2D eigenvalue weighted by Gasteiger charge is 2.52. The summed E-state index contributed by atoms with van der Waals surface area (Å²) in [5.41, 5.74) is 1.33. The predicted molar refractivity (Wildman–Crippen MR) is 101 cm³/mol. The summed E-state index contributed by atoms with van der Waals surface area (Å²) in [4.78, 5) is 22.3. The fourth-order valence-corrected chi connectivity index (χ4v) is 2.60. The third-order valence-electron chi connectivity index (χ3n) is 4.76. The van der Waals surface area contributed by atoms with Crippen LogP contribution in [0.25, 0.3) is 6.08 Å². The number of rotatable bonds is 6. The van der Waals surface area contributed by atoms with Crippen molar-refractivity contribution >= 4 is 25.1 Å². The van der Waals surface area contributed by atoms with Gasteiger partial charge in [0.25, 0.3) is 0 Å². The summed E-state index contributed by atoms with van der Waals surface area (Å²) < 4.78 is 12.2. The van der Waals surface area contributed by atoms with Crippen LogP contribution < -0.4 is 5.32 Å². The van der Waals surface area contributed by atoms with E-state index in [2.05, 4.69) is 5.32 Å². The summed E-state index contributed by atoms with van der Waals surface area (Å²) in [6.45, 7) is 9.62. The molecular weight excluding hydrogens is 333 g/mol. The first-order chi connectivity index (χ1) is 12.0. The molecular formula is C19H26BNO5. The first-order valence-corrected chi connectivity index (χ1v) is 8.61. The number of carbonyl (C=O) groups excluding carboxylic acids is 1. The van der Waals surface area contributed by atoms with Gasteiger partial charge in [0.05, 0.1) is 17.6 Å². The average Bonchev–Trinajstić information content (AvgIpc) is 2.71. The monoisotopic (exact) mass is 359 g/mol. The Morgan fingerprint density at radius 2 is 1.81 bits per heavy atom. The van der Waals surface area contributed by atoms with Crippen LogP contribution in [0.4, 0.5) is 0 Å². The minimum atomic E-state index is -0.879. The van der Waals surface area contributed by atoms with Gasteiger partial charge in [-0.15, -0.1) is 0 Å². The quantitative estimate of drug-likeness (QED) is 0.763. The van der Waals surface area contributed by atoms with Crippen LogP contribution in [0.1, 0.15) is 45.7 Å². The van der Waals surface area contributed by atoms with Crippen molar-refractivity contribution in [1.82, 2.24) is 5.32 Å². The molecule has 1 saturated heterocycles. The van der Waals surface area contributed by atoms with Crippen molar-refractivity contribution in [3.8, 4) is 0 Å². The van der Waals surface area contributed by atoms with Crippen LogP contribution >= 0.6 is 0 Å². The van der Waals surface area contributed by atoms with Crippen molar-refractivity contribution in [3.63, 3.8) is 0 Å². The van der Waals surface area contributed by atoms with Crippen molar-refractivity contribution in [3.05, 3.63) is 40.9 Å². The molecule has 6 nitrogen and oxygen atoms in total. The second-order valence-electron chi connectivity index (χ2n) is 7.53. The van der Waals surface area contributed by atoms with E-state index in [-0.39, 0.29) is 18.9 Å². The zero-order chi connectivity index (χ0) is 19.5. The van der Waals surface area contributed by atoms with Gasteiger partial charge < -0.3 is 19.7 Å². The number of amides is 1. The van der Waals surface area contributed by atoms with E-state index >= 15 is 0 Å². The second-order valence-corrected chi connectivity index (χ2v) is 7.53. The summed E-state index contributed by atoms with van der Waals surface area (Å²) in [5.74, 6) is -1.03. The molecule has 0 saturated carbocycles. The Morgan fingerprint density at radius 1 is 1.19 bits per heavy atom. The minimum Gasteiger partial charge on any atom is -0.481 e. The molecule has 26 heavy (non-hydrogen) atoms. The molecule has 1 aromatic carbocycles. The zero-order valence-corrected chi connectivity index (χ0v) is 16.0. The molecule has 1 aliphatic rings. The third-order valence-corrected chi connectivity index (χ3v) is 4.76. The van der Waals surface area contributed by atoms with Crippen LogP contribution in [0.5, 0.6) is 0 Å². The van der Waals surface area contributed by atoms with Gasteiger partial charge >= 0.3 is 13.1 Å². The molecule has 0 spiro atoms. The smallest absolute Gasteiger partial charge is 0.481 e. The second kappa shape index (κ2) is 7.64.